The van der Waals surface area contributed by atoms with E-state index in [-0.39, 0.29) is 6.10 Å². The lowest BCUT2D eigenvalue weighted by molar-refractivity contribution is 0.105. The van der Waals surface area contributed by atoms with E-state index >= 15 is 0 Å². The molecule has 1 aromatic carbocycles. The highest BCUT2D eigenvalue weighted by molar-refractivity contribution is 5.20. The molecule has 0 N–H and O–H groups in total. The summed E-state index contributed by atoms with van der Waals surface area (Å²) in [6, 6.07) is 10.0. The minimum atomic E-state index is -0.0344. The SMILES string of the molecule is C=CC(OCC(=C)C)c1ccccc1. The van der Waals surface area contributed by atoms with Gasteiger partial charge in [0.25, 0.3) is 0 Å². The van der Waals surface area contributed by atoms with Gasteiger partial charge in [-0.2, -0.15) is 0 Å². The first kappa shape index (κ1) is 10.7. The molecule has 1 atom stereocenters. The van der Waals surface area contributed by atoms with Gasteiger partial charge in [-0.3, -0.25) is 0 Å². The van der Waals surface area contributed by atoms with Crippen molar-refractivity contribution in [2.24, 2.45) is 0 Å². The second-order valence-electron chi connectivity index (χ2n) is 3.34. The maximum atomic E-state index is 5.62. The molecule has 1 rings (SSSR count). The van der Waals surface area contributed by atoms with Gasteiger partial charge < -0.3 is 4.74 Å². The molecule has 1 heteroatoms. The van der Waals surface area contributed by atoms with E-state index < -0.39 is 0 Å². The van der Waals surface area contributed by atoms with E-state index in [0.29, 0.717) is 6.61 Å². The van der Waals surface area contributed by atoms with Crippen LogP contribution in [0.4, 0.5) is 0 Å². The van der Waals surface area contributed by atoms with Gasteiger partial charge in [0.1, 0.15) is 6.10 Å². The Morgan fingerprint density at radius 2 is 2.07 bits per heavy atom. The normalized spacial score (nSPS) is 12.1. The third kappa shape index (κ3) is 3.19. The molecule has 0 amide bonds. The van der Waals surface area contributed by atoms with Gasteiger partial charge in [0.2, 0.25) is 0 Å². The molecule has 1 aromatic rings. The summed E-state index contributed by atoms with van der Waals surface area (Å²) in [4.78, 5) is 0. The summed E-state index contributed by atoms with van der Waals surface area (Å²) >= 11 is 0. The molecule has 0 aliphatic rings. The van der Waals surface area contributed by atoms with Crippen molar-refractivity contribution in [3.63, 3.8) is 0 Å². The molecule has 1 unspecified atom stereocenters. The number of rotatable bonds is 5. The Morgan fingerprint density at radius 3 is 2.57 bits per heavy atom. The zero-order chi connectivity index (χ0) is 10.4. The summed E-state index contributed by atoms with van der Waals surface area (Å²) in [5, 5.41) is 0. The van der Waals surface area contributed by atoms with Crippen molar-refractivity contribution in [1.29, 1.82) is 0 Å². The molecule has 1 nitrogen and oxygen atoms in total. The molecular formula is C13H16O. The Balaban J connectivity index is 2.63. The summed E-state index contributed by atoms with van der Waals surface area (Å²) < 4.78 is 5.62. The minimum Gasteiger partial charge on any atom is -0.365 e. The highest BCUT2D eigenvalue weighted by Gasteiger charge is 2.05. The van der Waals surface area contributed by atoms with E-state index in [1.54, 1.807) is 6.08 Å². The lowest BCUT2D eigenvalue weighted by Gasteiger charge is -2.13. The summed E-state index contributed by atoms with van der Waals surface area (Å²) in [6.07, 6.45) is 1.77. The van der Waals surface area contributed by atoms with Gasteiger partial charge in [-0.1, -0.05) is 48.6 Å². The second-order valence-corrected chi connectivity index (χ2v) is 3.34. The predicted molar refractivity (Wildman–Crippen MR) is 60.1 cm³/mol. The largest absolute Gasteiger partial charge is 0.365 e. The second kappa shape index (κ2) is 5.40. The van der Waals surface area contributed by atoms with E-state index in [4.69, 9.17) is 4.74 Å². The fourth-order valence-corrected chi connectivity index (χ4v) is 1.18. The average Bonchev–Trinajstić information content (AvgIpc) is 2.20. The van der Waals surface area contributed by atoms with Crippen LogP contribution < -0.4 is 0 Å². The van der Waals surface area contributed by atoms with Crippen LogP contribution >= 0.6 is 0 Å². The summed E-state index contributed by atoms with van der Waals surface area (Å²) in [5.74, 6) is 0. The van der Waals surface area contributed by atoms with E-state index in [1.807, 2.05) is 37.3 Å². The average molecular weight is 188 g/mol. The molecule has 0 saturated heterocycles. The first-order chi connectivity index (χ1) is 6.74. The molecule has 0 bridgehead atoms. The predicted octanol–water partition coefficient (Wildman–Crippen LogP) is 3.51. The Labute approximate surface area is 85.7 Å². The van der Waals surface area contributed by atoms with Crippen LogP contribution in [0, 0.1) is 0 Å². The summed E-state index contributed by atoms with van der Waals surface area (Å²) in [6.45, 7) is 10.1. The van der Waals surface area contributed by atoms with Gasteiger partial charge in [-0.25, -0.2) is 0 Å². The van der Waals surface area contributed by atoms with Gasteiger partial charge >= 0.3 is 0 Å². The van der Waals surface area contributed by atoms with Crippen LogP contribution in [0.1, 0.15) is 18.6 Å². The van der Waals surface area contributed by atoms with Gasteiger partial charge in [0, 0.05) is 0 Å². The summed E-state index contributed by atoms with van der Waals surface area (Å²) in [5.41, 5.74) is 2.15. The monoisotopic (exact) mass is 188 g/mol. The van der Waals surface area contributed by atoms with Crippen LogP contribution in [0.25, 0.3) is 0 Å². The zero-order valence-electron chi connectivity index (χ0n) is 8.57. The molecule has 0 spiro atoms. The first-order valence-corrected chi connectivity index (χ1v) is 4.67. The molecule has 74 valence electrons. The van der Waals surface area contributed by atoms with Crippen molar-refractivity contribution < 1.29 is 4.74 Å². The highest BCUT2D eigenvalue weighted by Crippen LogP contribution is 2.18. The number of benzene rings is 1. The lowest BCUT2D eigenvalue weighted by Crippen LogP contribution is -2.02. The smallest absolute Gasteiger partial charge is 0.101 e. The molecule has 0 aliphatic carbocycles. The number of hydrogen-bond acceptors (Lipinski definition) is 1. The molecule has 0 radical (unpaired) electrons. The zero-order valence-corrected chi connectivity index (χ0v) is 8.57. The quantitative estimate of drug-likeness (QED) is 0.642. The fourth-order valence-electron chi connectivity index (χ4n) is 1.18. The fraction of sp³-hybridized carbons (Fsp3) is 0.231. The van der Waals surface area contributed by atoms with Crippen LogP contribution in [-0.4, -0.2) is 6.61 Å². The molecule has 0 aliphatic heterocycles. The Hall–Kier alpha value is -1.34. The minimum absolute atomic E-state index is 0.0344. The van der Waals surface area contributed by atoms with Gasteiger partial charge in [0.05, 0.1) is 6.61 Å². The highest BCUT2D eigenvalue weighted by atomic mass is 16.5. The molecule has 14 heavy (non-hydrogen) atoms. The van der Waals surface area contributed by atoms with Crippen molar-refractivity contribution in [1.82, 2.24) is 0 Å². The van der Waals surface area contributed by atoms with Crippen molar-refractivity contribution in [3.05, 3.63) is 60.7 Å². The van der Waals surface area contributed by atoms with E-state index in [0.717, 1.165) is 11.1 Å². The van der Waals surface area contributed by atoms with Crippen LogP contribution in [0.2, 0.25) is 0 Å². The Bertz CT molecular complexity index is 300. The molecular weight excluding hydrogens is 172 g/mol. The van der Waals surface area contributed by atoms with Crippen LogP contribution in [0.15, 0.2) is 55.1 Å². The summed E-state index contributed by atoms with van der Waals surface area (Å²) in [7, 11) is 0. The molecule has 0 saturated carbocycles. The topological polar surface area (TPSA) is 9.23 Å². The van der Waals surface area contributed by atoms with E-state index in [2.05, 4.69) is 13.2 Å². The molecule has 0 heterocycles. The van der Waals surface area contributed by atoms with Crippen molar-refractivity contribution in [2.75, 3.05) is 6.61 Å². The van der Waals surface area contributed by atoms with Gasteiger partial charge in [-0.15, -0.1) is 6.58 Å². The van der Waals surface area contributed by atoms with Gasteiger partial charge in [0.15, 0.2) is 0 Å². The van der Waals surface area contributed by atoms with Crippen LogP contribution in [0.5, 0.6) is 0 Å². The van der Waals surface area contributed by atoms with E-state index in [1.165, 1.54) is 0 Å². The molecule has 0 aromatic heterocycles. The van der Waals surface area contributed by atoms with Crippen molar-refractivity contribution >= 4 is 0 Å². The van der Waals surface area contributed by atoms with Crippen LogP contribution in [0.3, 0.4) is 0 Å². The molecule has 0 fully saturated rings. The van der Waals surface area contributed by atoms with Crippen LogP contribution in [-0.2, 0) is 4.74 Å². The van der Waals surface area contributed by atoms with Crippen molar-refractivity contribution in [2.45, 2.75) is 13.0 Å². The van der Waals surface area contributed by atoms with Crippen molar-refractivity contribution in [3.8, 4) is 0 Å². The maximum absolute atomic E-state index is 5.62. The standard InChI is InChI=1S/C13H16O/c1-4-13(14-10-11(2)3)12-8-6-5-7-9-12/h4-9,13H,1-2,10H2,3H3. The van der Waals surface area contributed by atoms with E-state index in [9.17, 15) is 0 Å². The lowest BCUT2D eigenvalue weighted by atomic mass is 10.1. The third-order valence-electron chi connectivity index (χ3n) is 1.85. The van der Waals surface area contributed by atoms with Gasteiger partial charge in [-0.05, 0) is 12.5 Å². The maximum Gasteiger partial charge on any atom is 0.101 e. The third-order valence-corrected chi connectivity index (χ3v) is 1.85. The Morgan fingerprint density at radius 1 is 1.43 bits per heavy atom. The number of ether oxygens (including phenoxy) is 1. The Kier molecular flexibility index (Phi) is 4.14. The number of hydrogen-bond donors (Lipinski definition) is 0. The first-order valence-electron chi connectivity index (χ1n) is 4.67.